The van der Waals surface area contributed by atoms with E-state index in [2.05, 4.69) is 10.0 Å². The SMILES string of the molecule is CCCCNS(=O)(=O)c1cccc(NC(=O)c2ccc(OC)c(S(=O)(=O)N3CCCC3)c2)c1. The fourth-order valence-electron chi connectivity index (χ4n) is 3.50. The second-order valence-electron chi connectivity index (χ2n) is 7.71. The van der Waals surface area contributed by atoms with Crippen LogP contribution in [0, 0.1) is 0 Å². The van der Waals surface area contributed by atoms with Gasteiger partial charge in [0.2, 0.25) is 20.0 Å². The number of unbranched alkanes of at least 4 members (excludes halogenated alkanes) is 1. The molecule has 0 radical (unpaired) electrons. The molecule has 33 heavy (non-hydrogen) atoms. The highest BCUT2D eigenvalue weighted by Crippen LogP contribution is 2.30. The van der Waals surface area contributed by atoms with E-state index in [1.54, 1.807) is 6.07 Å². The number of nitrogens with zero attached hydrogens (tertiary/aromatic N) is 1. The third-order valence-corrected chi connectivity index (χ3v) is 8.71. The van der Waals surface area contributed by atoms with Gasteiger partial charge < -0.3 is 10.1 Å². The van der Waals surface area contributed by atoms with Crippen molar-refractivity contribution in [3.8, 4) is 5.75 Å². The number of sulfonamides is 2. The van der Waals surface area contributed by atoms with Crippen molar-refractivity contribution < 1.29 is 26.4 Å². The minimum atomic E-state index is -3.81. The first-order valence-corrected chi connectivity index (χ1v) is 13.7. The predicted molar refractivity (Wildman–Crippen MR) is 125 cm³/mol. The zero-order valence-corrected chi connectivity index (χ0v) is 20.3. The average Bonchev–Trinajstić information content (AvgIpc) is 3.35. The molecule has 0 aliphatic carbocycles. The van der Waals surface area contributed by atoms with E-state index in [1.165, 1.54) is 47.8 Å². The lowest BCUT2D eigenvalue weighted by Crippen LogP contribution is -2.28. The van der Waals surface area contributed by atoms with Gasteiger partial charge in [0.05, 0.1) is 12.0 Å². The van der Waals surface area contributed by atoms with Crippen molar-refractivity contribution in [2.45, 2.75) is 42.4 Å². The Bertz CT molecular complexity index is 1210. The van der Waals surface area contributed by atoms with Crippen LogP contribution >= 0.6 is 0 Å². The molecule has 180 valence electrons. The van der Waals surface area contributed by atoms with Crippen molar-refractivity contribution in [3.63, 3.8) is 0 Å². The van der Waals surface area contributed by atoms with E-state index < -0.39 is 26.0 Å². The summed E-state index contributed by atoms with van der Waals surface area (Å²) in [5.41, 5.74) is 0.390. The first-order chi connectivity index (χ1) is 15.7. The molecule has 0 unspecified atom stereocenters. The van der Waals surface area contributed by atoms with Gasteiger partial charge in [0.25, 0.3) is 5.91 Å². The van der Waals surface area contributed by atoms with E-state index >= 15 is 0 Å². The van der Waals surface area contributed by atoms with Gasteiger partial charge in [0.15, 0.2) is 0 Å². The molecule has 0 bridgehead atoms. The Morgan fingerprint density at radius 3 is 2.45 bits per heavy atom. The number of ether oxygens (including phenoxy) is 1. The minimum absolute atomic E-state index is 0.0310. The highest BCUT2D eigenvalue weighted by Gasteiger charge is 2.30. The Morgan fingerprint density at radius 2 is 1.79 bits per heavy atom. The number of carbonyl (C=O) groups excluding carboxylic acids is 1. The lowest BCUT2D eigenvalue weighted by Gasteiger charge is -2.18. The molecule has 11 heteroatoms. The molecular weight excluding hydrogens is 466 g/mol. The molecule has 9 nitrogen and oxygen atoms in total. The second-order valence-corrected chi connectivity index (χ2v) is 11.4. The van der Waals surface area contributed by atoms with Crippen LogP contribution < -0.4 is 14.8 Å². The van der Waals surface area contributed by atoms with Crippen LogP contribution in [0.2, 0.25) is 0 Å². The number of amides is 1. The summed E-state index contributed by atoms with van der Waals surface area (Å²) in [6.07, 6.45) is 3.15. The van der Waals surface area contributed by atoms with E-state index in [4.69, 9.17) is 4.74 Å². The van der Waals surface area contributed by atoms with Crippen molar-refractivity contribution in [2.75, 3.05) is 32.1 Å². The molecule has 2 aromatic rings. The monoisotopic (exact) mass is 495 g/mol. The van der Waals surface area contributed by atoms with Crippen LogP contribution in [0.1, 0.15) is 43.0 Å². The summed E-state index contributed by atoms with van der Waals surface area (Å²) < 4.78 is 60.2. The van der Waals surface area contributed by atoms with Crippen molar-refractivity contribution in [2.24, 2.45) is 0 Å². The van der Waals surface area contributed by atoms with E-state index in [1.807, 2.05) is 6.92 Å². The maximum atomic E-state index is 13.1. The minimum Gasteiger partial charge on any atom is -0.495 e. The fourth-order valence-corrected chi connectivity index (χ4v) is 6.32. The molecule has 0 atom stereocenters. The van der Waals surface area contributed by atoms with Gasteiger partial charge in [-0.15, -0.1) is 0 Å². The fraction of sp³-hybridized carbons (Fsp3) is 0.409. The molecule has 3 rings (SSSR count). The Labute approximate surface area is 195 Å². The van der Waals surface area contributed by atoms with Crippen LogP contribution in [0.25, 0.3) is 0 Å². The van der Waals surface area contributed by atoms with Gasteiger partial charge in [-0.25, -0.2) is 21.6 Å². The number of benzene rings is 2. The molecule has 1 saturated heterocycles. The highest BCUT2D eigenvalue weighted by molar-refractivity contribution is 7.89. The Balaban J connectivity index is 1.84. The number of hydrogen-bond donors (Lipinski definition) is 2. The highest BCUT2D eigenvalue weighted by atomic mass is 32.2. The van der Waals surface area contributed by atoms with Crippen molar-refractivity contribution in [1.82, 2.24) is 9.03 Å². The second kappa shape index (κ2) is 10.6. The van der Waals surface area contributed by atoms with Crippen LogP contribution in [0.15, 0.2) is 52.3 Å². The molecule has 1 heterocycles. The summed E-state index contributed by atoms with van der Waals surface area (Å²) in [6.45, 7) is 3.14. The molecule has 0 aromatic heterocycles. The third kappa shape index (κ3) is 5.91. The normalized spacial score (nSPS) is 14.8. The van der Waals surface area contributed by atoms with E-state index in [0.717, 1.165) is 25.7 Å². The summed E-state index contributed by atoms with van der Waals surface area (Å²) in [7, 11) is -6.14. The Hall–Kier alpha value is -2.47. The number of methoxy groups -OCH3 is 1. The summed E-state index contributed by atoms with van der Waals surface area (Å²) in [5.74, 6) is -0.409. The van der Waals surface area contributed by atoms with Gasteiger partial charge in [-0.1, -0.05) is 19.4 Å². The van der Waals surface area contributed by atoms with Gasteiger partial charge in [0.1, 0.15) is 10.6 Å². The quantitative estimate of drug-likeness (QED) is 0.489. The number of anilines is 1. The van der Waals surface area contributed by atoms with Crippen LogP contribution in [-0.2, 0) is 20.0 Å². The van der Waals surface area contributed by atoms with Crippen LogP contribution in [0.5, 0.6) is 5.75 Å². The summed E-state index contributed by atoms with van der Waals surface area (Å²) in [4.78, 5) is 12.8. The smallest absolute Gasteiger partial charge is 0.255 e. The number of nitrogens with one attached hydrogen (secondary N) is 2. The Kier molecular flexibility index (Phi) is 8.11. The zero-order chi connectivity index (χ0) is 24.1. The number of hydrogen-bond acceptors (Lipinski definition) is 6. The maximum Gasteiger partial charge on any atom is 0.255 e. The molecule has 0 spiro atoms. The number of carbonyl (C=O) groups is 1. The third-order valence-electron chi connectivity index (χ3n) is 5.33. The molecule has 2 N–H and O–H groups in total. The van der Waals surface area contributed by atoms with Crippen LogP contribution in [0.4, 0.5) is 5.69 Å². The molecule has 2 aromatic carbocycles. The summed E-state index contributed by atoms with van der Waals surface area (Å²) >= 11 is 0. The lowest BCUT2D eigenvalue weighted by molar-refractivity contribution is 0.102. The van der Waals surface area contributed by atoms with Gasteiger partial charge in [-0.05, 0) is 55.7 Å². The zero-order valence-electron chi connectivity index (χ0n) is 18.7. The molecule has 1 aliphatic heterocycles. The maximum absolute atomic E-state index is 13.1. The summed E-state index contributed by atoms with van der Waals surface area (Å²) in [6, 6.07) is 10.1. The van der Waals surface area contributed by atoms with E-state index in [0.29, 0.717) is 19.6 Å². The molecule has 1 amide bonds. The Morgan fingerprint density at radius 1 is 1.06 bits per heavy atom. The van der Waals surface area contributed by atoms with Crippen molar-refractivity contribution >= 4 is 31.6 Å². The van der Waals surface area contributed by atoms with Gasteiger partial charge in [-0.2, -0.15) is 4.31 Å². The largest absolute Gasteiger partial charge is 0.495 e. The van der Waals surface area contributed by atoms with Crippen LogP contribution in [0.3, 0.4) is 0 Å². The standard InChI is InChI=1S/C22H29N3O6S2/c1-3-4-12-23-32(27,28)19-9-7-8-18(16-19)24-22(26)17-10-11-20(31-2)21(15-17)33(29,30)25-13-5-6-14-25/h7-11,15-16,23H,3-6,12-14H2,1-2H3,(H,24,26). The average molecular weight is 496 g/mol. The first kappa shape index (κ1) is 25.2. The molecule has 0 saturated carbocycles. The topological polar surface area (TPSA) is 122 Å². The van der Waals surface area contributed by atoms with E-state index in [-0.39, 0.29) is 26.8 Å². The molecule has 1 aliphatic rings. The van der Waals surface area contributed by atoms with Crippen molar-refractivity contribution in [3.05, 3.63) is 48.0 Å². The van der Waals surface area contributed by atoms with Crippen molar-refractivity contribution in [1.29, 1.82) is 0 Å². The summed E-state index contributed by atoms with van der Waals surface area (Å²) in [5, 5.41) is 2.64. The lowest BCUT2D eigenvalue weighted by atomic mass is 10.2. The first-order valence-electron chi connectivity index (χ1n) is 10.8. The van der Waals surface area contributed by atoms with Gasteiger partial charge in [-0.3, -0.25) is 4.79 Å². The van der Waals surface area contributed by atoms with Crippen LogP contribution in [-0.4, -0.2) is 53.8 Å². The van der Waals surface area contributed by atoms with E-state index in [9.17, 15) is 21.6 Å². The predicted octanol–water partition coefficient (Wildman–Crippen LogP) is 2.81. The molecule has 1 fully saturated rings. The molecular formula is C22H29N3O6S2. The number of rotatable bonds is 10. The van der Waals surface area contributed by atoms with Gasteiger partial charge >= 0.3 is 0 Å². The van der Waals surface area contributed by atoms with Gasteiger partial charge in [0, 0.05) is 30.9 Å².